The van der Waals surface area contributed by atoms with E-state index in [9.17, 15) is 0 Å². The fraction of sp³-hybridized carbons (Fsp3) is 0.500. The molecule has 1 aromatic rings. The van der Waals surface area contributed by atoms with Crippen LogP contribution in [0.5, 0.6) is 0 Å². The molecule has 1 fully saturated rings. The second kappa shape index (κ2) is 4.40. The zero-order valence-corrected chi connectivity index (χ0v) is 10.8. The maximum atomic E-state index is 5.40. The highest BCUT2D eigenvalue weighted by Gasteiger charge is 2.18. The van der Waals surface area contributed by atoms with Gasteiger partial charge in [-0.15, -0.1) is 11.3 Å². The van der Waals surface area contributed by atoms with E-state index >= 15 is 0 Å². The molecule has 1 atom stereocenters. The Morgan fingerprint density at radius 1 is 1.54 bits per heavy atom. The van der Waals surface area contributed by atoms with Crippen molar-refractivity contribution in [2.24, 2.45) is 0 Å². The number of hydrogen-bond donors (Lipinski definition) is 1. The summed E-state index contributed by atoms with van der Waals surface area (Å²) in [6.45, 7) is 2.54. The summed E-state index contributed by atoms with van der Waals surface area (Å²) in [5, 5.41) is 3.42. The lowest BCUT2D eigenvalue weighted by Crippen LogP contribution is -2.33. The molecule has 1 N–H and O–H groups in total. The number of halogens is 2. The van der Waals surface area contributed by atoms with Crippen molar-refractivity contribution in [1.82, 2.24) is 5.32 Å². The molecule has 2 heterocycles. The summed E-state index contributed by atoms with van der Waals surface area (Å²) in [7, 11) is 0. The Balaban J connectivity index is 2.14. The highest BCUT2D eigenvalue weighted by molar-refractivity contribution is 9.13. The summed E-state index contributed by atoms with van der Waals surface area (Å²) >= 11 is 8.71. The molecule has 5 heteroatoms. The maximum absolute atomic E-state index is 5.40. The molecule has 1 aromatic heterocycles. The van der Waals surface area contributed by atoms with Crippen LogP contribution in [-0.2, 0) is 4.74 Å². The second-order valence-corrected chi connectivity index (χ2v) is 6.11. The van der Waals surface area contributed by atoms with Gasteiger partial charge in [0.2, 0.25) is 0 Å². The first kappa shape index (κ1) is 10.1. The minimum Gasteiger partial charge on any atom is -0.378 e. The van der Waals surface area contributed by atoms with Crippen molar-refractivity contribution in [1.29, 1.82) is 0 Å². The first-order valence-electron chi connectivity index (χ1n) is 4.03. The third kappa shape index (κ3) is 2.33. The smallest absolute Gasteiger partial charge is 0.0843 e. The summed E-state index contributed by atoms with van der Waals surface area (Å²) < 4.78 is 7.67. The van der Waals surface area contributed by atoms with E-state index in [1.54, 1.807) is 11.3 Å². The number of morpholine rings is 1. The van der Waals surface area contributed by atoms with Crippen LogP contribution in [0.1, 0.15) is 10.9 Å². The van der Waals surface area contributed by atoms with Gasteiger partial charge in [-0.25, -0.2) is 0 Å². The van der Waals surface area contributed by atoms with E-state index in [1.165, 1.54) is 4.88 Å². The molecule has 2 nitrogen and oxygen atoms in total. The van der Waals surface area contributed by atoms with E-state index in [-0.39, 0.29) is 0 Å². The molecular formula is C8H9Br2NOS. The highest BCUT2D eigenvalue weighted by atomic mass is 79.9. The van der Waals surface area contributed by atoms with E-state index < -0.39 is 0 Å². The fourth-order valence-electron chi connectivity index (χ4n) is 1.28. The quantitative estimate of drug-likeness (QED) is 0.856. The molecule has 0 aromatic carbocycles. The lowest BCUT2D eigenvalue weighted by Gasteiger charge is -2.22. The predicted molar refractivity (Wildman–Crippen MR) is 61.3 cm³/mol. The molecule has 0 saturated carbocycles. The zero-order chi connectivity index (χ0) is 9.26. The van der Waals surface area contributed by atoms with Crippen molar-refractivity contribution in [3.05, 3.63) is 19.2 Å². The molecular weight excluding hydrogens is 318 g/mol. The first-order valence-corrected chi connectivity index (χ1v) is 6.43. The van der Waals surface area contributed by atoms with Crippen LogP contribution in [0.4, 0.5) is 0 Å². The van der Waals surface area contributed by atoms with E-state index in [2.05, 4.69) is 43.2 Å². The van der Waals surface area contributed by atoms with Gasteiger partial charge in [-0.2, -0.15) is 0 Å². The van der Waals surface area contributed by atoms with Gasteiger partial charge >= 0.3 is 0 Å². The van der Waals surface area contributed by atoms with Crippen molar-refractivity contribution >= 4 is 43.2 Å². The number of hydrogen-bond acceptors (Lipinski definition) is 3. The van der Waals surface area contributed by atoms with Gasteiger partial charge in [0.25, 0.3) is 0 Å². The van der Waals surface area contributed by atoms with E-state index in [0.29, 0.717) is 6.04 Å². The summed E-state index contributed by atoms with van der Waals surface area (Å²) in [4.78, 5) is 1.32. The Labute approximate surface area is 97.9 Å². The minimum atomic E-state index is 0.362. The summed E-state index contributed by atoms with van der Waals surface area (Å²) in [5.41, 5.74) is 0. The predicted octanol–water partition coefficient (Wildman–Crippen LogP) is 2.93. The lowest BCUT2D eigenvalue weighted by atomic mass is 10.2. The van der Waals surface area contributed by atoms with Gasteiger partial charge in [-0.05, 0) is 37.9 Å². The van der Waals surface area contributed by atoms with Crippen LogP contribution in [-0.4, -0.2) is 19.8 Å². The Hall–Kier alpha value is 0.580. The molecule has 0 unspecified atom stereocenters. The van der Waals surface area contributed by atoms with Crippen molar-refractivity contribution in [3.63, 3.8) is 0 Å². The van der Waals surface area contributed by atoms with Crippen LogP contribution in [0.15, 0.2) is 14.3 Å². The Bertz CT molecular complexity index is 277. The SMILES string of the molecule is Brc1cc([C@H]2COCCN2)sc1Br. The van der Waals surface area contributed by atoms with Crippen LogP contribution in [0, 0.1) is 0 Å². The van der Waals surface area contributed by atoms with Crippen LogP contribution >= 0.6 is 43.2 Å². The monoisotopic (exact) mass is 325 g/mol. The number of thiophene rings is 1. The zero-order valence-electron chi connectivity index (χ0n) is 6.85. The summed E-state index contributed by atoms with van der Waals surface area (Å²) in [6.07, 6.45) is 0. The highest BCUT2D eigenvalue weighted by Crippen LogP contribution is 2.35. The van der Waals surface area contributed by atoms with Gasteiger partial charge in [-0.3, -0.25) is 0 Å². The molecule has 1 saturated heterocycles. The molecule has 0 bridgehead atoms. The van der Waals surface area contributed by atoms with Crippen molar-refractivity contribution in [2.45, 2.75) is 6.04 Å². The molecule has 0 amide bonds. The molecule has 0 aliphatic carbocycles. The maximum Gasteiger partial charge on any atom is 0.0843 e. The van der Waals surface area contributed by atoms with E-state index in [4.69, 9.17) is 4.74 Å². The van der Waals surface area contributed by atoms with Gasteiger partial charge in [0.1, 0.15) is 0 Å². The van der Waals surface area contributed by atoms with Crippen LogP contribution < -0.4 is 5.32 Å². The van der Waals surface area contributed by atoms with Crippen molar-refractivity contribution in [3.8, 4) is 0 Å². The summed E-state index contributed by atoms with van der Waals surface area (Å²) in [6, 6.07) is 2.50. The van der Waals surface area contributed by atoms with Crippen molar-refractivity contribution in [2.75, 3.05) is 19.8 Å². The topological polar surface area (TPSA) is 21.3 Å². The standard InChI is InChI=1S/C8H9Br2NOS/c9-5-3-7(13-8(5)10)6-4-12-2-1-11-6/h3,6,11H,1-2,4H2/t6-/m1/s1. The number of nitrogens with one attached hydrogen (secondary N) is 1. The Morgan fingerprint density at radius 2 is 2.38 bits per heavy atom. The van der Waals surface area contributed by atoms with Crippen LogP contribution in [0.2, 0.25) is 0 Å². The lowest BCUT2D eigenvalue weighted by molar-refractivity contribution is 0.0779. The first-order chi connectivity index (χ1) is 6.27. The molecule has 0 radical (unpaired) electrons. The van der Waals surface area contributed by atoms with Crippen molar-refractivity contribution < 1.29 is 4.74 Å². The average Bonchev–Trinajstić information content (AvgIpc) is 2.49. The van der Waals surface area contributed by atoms with Gasteiger partial charge < -0.3 is 10.1 Å². The molecule has 72 valence electrons. The summed E-state index contributed by atoms with van der Waals surface area (Å²) in [5.74, 6) is 0. The third-order valence-electron chi connectivity index (χ3n) is 1.93. The fourth-order valence-corrected chi connectivity index (χ4v) is 3.43. The molecule has 1 aliphatic heterocycles. The largest absolute Gasteiger partial charge is 0.378 e. The normalized spacial score (nSPS) is 23.4. The Kier molecular flexibility index (Phi) is 3.42. The minimum absolute atomic E-state index is 0.362. The number of ether oxygens (including phenoxy) is 1. The van der Waals surface area contributed by atoms with E-state index in [0.717, 1.165) is 28.0 Å². The van der Waals surface area contributed by atoms with Gasteiger partial charge in [0.05, 0.1) is 23.0 Å². The second-order valence-electron chi connectivity index (χ2n) is 2.85. The van der Waals surface area contributed by atoms with Gasteiger partial charge in [-0.1, -0.05) is 0 Å². The van der Waals surface area contributed by atoms with Crippen LogP contribution in [0.3, 0.4) is 0 Å². The number of rotatable bonds is 1. The Morgan fingerprint density at radius 3 is 2.92 bits per heavy atom. The van der Waals surface area contributed by atoms with E-state index in [1.807, 2.05) is 0 Å². The van der Waals surface area contributed by atoms with Gasteiger partial charge in [0.15, 0.2) is 0 Å². The molecule has 13 heavy (non-hydrogen) atoms. The molecule has 0 spiro atoms. The molecule has 1 aliphatic rings. The third-order valence-corrected chi connectivity index (χ3v) is 5.30. The van der Waals surface area contributed by atoms with Crippen LogP contribution in [0.25, 0.3) is 0 Å². The average molecular weight is 327 g/mol. The molecule has 2 rings (SSSR count). The van der Waals surface area contributed by atoms with Gasteiger partial charge in [0, 0.05) is 15.9 Å².